The number of nitrogens with one attached hydrogen (secondary N) is 1. The molecule has 0 bridgehead atoms. The first kappa shape index (κ1) is 15.5. The van der Waals surface area contributed by atoms with Gasteiger partial charge in [-0.2, -0.15) is 0 Å². The predicted octanol–water partition coefficient (Wildman–Crippen LogP) is 1.90. The standard InChI is InChI=1S/C14H18N2O2S/c1-14(2,3)19-10-13(18)16-12-8-4-6-11(15-12)7-5-9-17/h4,6,8,17H,9-10H2,1-3H3,(H,15,16,18). The summed E-state index contributed by atoms with van der Waals surface area (Å²) < 4.78 is 0.0548. The fourth-order valence-electron chi connectivity index (χ4n) is 1.17. The molecule has 0 radical (unpaired) electrons. The molecule has 1 amide bonds. The van der Waals surface area contributed by atoms with Crippen molar-refractivity contribution in [3.05, 3.63) is 23.9 Å². The second-order valence-corrected chi connectivity index (χ2v) is 6.62. The minimum atomic E-state index is -0.208. The molecule has 0 aliphatic rings. The van der Waals surface area contributed by atoms with E-state index >= 15 is 0 Å². The summed E-state index contributed by atoms with van der Waals surface area (Å²) in [5.41, 5.74) is 0.523. The van der Waals surface area contributed by atoms with Crippen LogP contribution in [0.1, 0.15) is 26.5 Å². The van der Waals surface area contributed by atoms with Crippen LogP contribution in [0.3, 0.4) is 0 Å². The Bertz CT molecular complexity index is 498. The van der Waals surface area contributed by atoms with Crippen LogP contribution in [0.25, 0.3) is 0 Å². The Morgan fingerprint density at radius 3 is 2.84 bits per heavy atom. The van der Waals surface area contributed by atoms with Crippen molar-refractivity contribution < 1.29 is 9.90 Å². The molecule has 0 atom stereocenters. The predicted molar refractivity (Wildman–Crippen MR) is 79.0 cm³/mol. The third-order valence-corrected chi connectivity index (χ3v) is 3.22. The number of hydrogen-bond acceptors (Lipinski definition) is 4. The molecule has 0 saturated heterocycles. The number of carbonyl (C=O) groups is 1. The van der Waals surface area contributed by atoms with Gasteiger partial charge in [0.05, 0.1) is 5.75 Å². The number of aromatic nitrogens is 1. The molecule has 0 fully saturated rings. The molecule has 1 heterocycles. The molecule has 102 valence electrons. The number of thioether (sulfide) groups is 1. The fraction of sp³-hybridized carbons (Fsp3) is 0.429. The molecule has 19 heavy (non-hydrogen) atoms. The average molecular weight is 278 g/mol. The zero-order valence-electron chi connectivity index (χ0n) is 11.4. The summed E-state index contributed by atoms with van der Waals surface area (Å²) in [6.45, 7) is 5.98. The summed E-state index contributed by atoms with van der Waals surface area (Å²) in [5, 5.41) is 11.3. The van der Waals surface area contributed by atoms with Crippen LogP contribution in [-0.2, 0) is 4.79 Å². The topological polar surface area (TPSA) is 62.2 Å². The first-order valence-corrected chi connectivity index (χ1v) is 6.90. The van der Waals surface area contributed by atoms with Crippen molar-refractivity contribution >= 4 is 23.5 Å². The number of nitrogens with zero attached hydrogens (tertiary/aromatic N) is 1. The van der Waals surface area contributed by atoms with E-state index in [1.54, 1.807) is 30.0 Å². The molecule has 1 rings (SSSR count). The monoisotopic (exact) mass is 278 g/mol. The lowest BCUT2D eigenvalue weighted by Gasteiger charge is -2.16. The van der Waals surface area contributed by atoms with Gasteiger partial charge >= 0.3 is 0 Å². The first-order valence-electron chi connectivity index (χ1n) is 5.91. The van der Waals surface area contributed by atoms with E-state index in [1.165, 1.54) is 0 Å². The Morgan fingerprint density at radius 2 is 2.21 bits per heavy atom. The highest BCUT2D eigenvalue weighted by atomic mass is 32.2. The quantitative estimate of drug-likeness (QED) is 0.829. The summed E-state index contributed by atoms with van der Waals surface area (Å²) in [7, 11) is 0. The first-order chi connectivity index (χ1) is 8.90. The van der Waals surface area contributed by atoms with Crippen molar-refractivity contribution in [2.75, 3.05) is 17.7 Å². The van der Waals surface area contributed by atoms with Crippen LogP contribution in [0.5, 0.6) is 0 Å². The average Bonchev–Trinajstić information content (AvgIpc) is 2.33. The molecule has 1 aromatic rings. The van der Waals surface area contributed by atoms with E-state index in [4.69, 9.17) is 5.11 Å². The van der Waals surface area contributed by atoms with E-state index in [2.05, 4.69) is 42.9 Å². The lowest BCUT2D eigenvalue weighted by Crippen LogP contribution is -2.19. The lowest BCUT2D eigenvalue weighted by molar-refractivity contribution is -0.113. The Labute approximate surface area is 118 Å². The van der Waals surface area contributed by atoms with Crippen LogP contribution < -0.4 is 5.32 Å². The molecule has 0 saturated carbocycles. The van der Waals surface area contributed by atoms with Gasteiger partial charge in [0, 0.05) is 4.75 Å². The molecule has 4 nitrogen and oxygen atoms in total. The van der Waals surface area contributed by atoms with Gasteiger partial charge in [-0.1, -0.05) is 32.8 Å². The van der Waals surface area contributed by atoms with Gasteiger partial charge in [0.2, 0.25) is 5.91 Å². The van der Waals surface area contributed by atoms with E-state index in [-0.39, 0.29) is 17.3 Å². The number of pyridine rings is 1. The summed E-state index contributed by atoms with van der Waals surface area (Å²) in [6, 6.07) is 5.20. The Morgan fingerprint density at radius 1 is 1.47 bits per heavy atom. The fourth-order valence-corrected chi connectivity index (χ4v) is 1.80. The SMILES string of the molecule is CC(C)(C)SCC(=O)Nc1cccc(C#CCO)n1. The van der Waals surface area contributed by atoms with Gasteiger partial charge in [0.15, 0.2) is 0 Å². The molecule has 0 unspecified atom stereocenters. The molecular weight excluding hydrogens is 260 g/mol. The number of hydrogen-bond donors (Lipinski definition) is 2. The van der Waals surface area contributed by atoms with Gasteiger partial charge in [0.25, 0.3) is 0 Å². The summed E-state index contributed by atoms with van der Waals surface area (Å²) in [5.74, 6) is 5.99. The van der Waals surface area contributed by atoms with Crippen LogP contribution in [-0.4, -0.2) is 33.1 Å². The largest absolute Gasteiger partial charge is 0.384 e. The van der Waals surface area contributed by atoms with Crippen LogP contribution in [0.15, 0.2) is 18.2 Å². The molecule has 5 heteroatoms. The Balaban J connectivity index is 2.59. The van der Waals surface area contributed by atoms with Gasteiger partial charge in [-0.3, -0.25) is 4.79 Å². The van der Waals surface area contributed by atoms with E-state index in [0.717, 1.165) is 0 Å². The number of aliphatic hydroxyl groups excluding tert-OH is 1. The van der Waals surface area contributed by atoms with Crippen molar-refractivity contribution in [2.24, 2.45) is 0 Å². The summed E-state index contributed by atoms with van der Waals surface area (Å²) in [6.07, 6.45) is 0. The lowest BCUT2D eigenvalue weighted by atomic mass is 10.3. The Hall–Kier alpha value is -1.51. The normalized spacial score (nSPS) is 10.5. The zero-order valence-corrected chi connectivity index (χ0v) is 12.2. The smallest absolute Gasteiger partial charge is 0.235 e. The maximum atomic E-state index is 11.7. The third kappa shape index (κ3) is 6.85. The van der Waals surface area contributed by atoms with Gasteiger partial charge in [0.1, 0.15) is 18.1 Å². The number of rotatable bonds is 3. The minimum absolute atomic E-state index is 0.0548. The maximum absolute atomic E-state index is 11.7. The van der Waals surface area contributed by atoms with Gasteiger partial charge in [-0.05, 0) is 18.1 Å². The summed E-state index contributed by atoms with van der Waals surface area (Å²) >= 11 is 1.58. The summed E-state index contributed by atoms with van der Waals surface area (Å²) in [4.78, 5) is 15.9. The van der Waals surface area contributed by atoms with Crippen molar-refractivity contribution in [3.8, 4) is 11.8 Å². The second kappa shape index (κ2) is 7.17. The van der Waals surface area contributed by atoms with E-state index in [9.17, 15) is 4.79 Å². The van der Waals surface area contributed by atoms with Crippen LogP contribution in [0, 0.1) is 11.8 Å². The number of aliphatic hydroxyl groups is 1. The van der Waals surface area contributed by atoms with Crippen LogP contribution >= 0.6 is 11.8 Å². The Kier molecular flexibility index (Phi) is 5.87. The molecule has 1 aromatic heterocycles. The van der Waals surface area contributed by atoms with Crippen molar-refractivity contribution in [1.82, 2.24) is 4.98 Å². The molecule has 0 spiro atoms. The highest BCUT2D eigenvalue weighted by Crippen LogP contribution is 2.22. The molecule has 0 aromatic carbocycles. The number of amides is 1. The molecule has 0 aliphatic heterocycles. The van der Waals surface area contributed by atoms with E-state index in [1.807, 2.05) is 0 Å². The maximum Gasteiger partial charge on any atom is 0.235 e. The highest BCUT2D eigenvalue weighted by Gasteiger charge is 2.13. The zero-order chi connectivity index (χ0) is 14.3. The van der Waals surface area contributed by atoms with Crippen LogP contribution in [0.4, 0.5) is 5.82 Å². The number of carbonyl (C=O) groups excluding carboxylic acids is 1. The molecule has 2 N–H and O–H groups in total. The highest BCUT2D eigenvalue weighted by molar-refractivity contribution is 8.01. The van der Waals surface area contributed by atoms with Gasteiger partial charge in [-0.25, -0.2) is 4.98 Å². The van der Waals surface area contributed by atoms with Crippen LogP contribution in [0.2, 0.25) is 0 Å². The second-order valence-electron chi connectivity index (χ2n) is 4.82. The minimum Gasteiger partial charge on any atom is -0.384 e. The molecule has 0 aliphatic carbocycles. The third-order valence-electron chi connectivity index (χ3n) is 1.95. The van der Waals surface area contributed by atoms with E-state index in [0.29, 0.717) is 17.3 Å². The van der Waals surface area contributed by atoms with Gasteiger partial charge in [-0.15, -0.1) is 11.8 Å². The molecular formula is C14H18N2O2S. The van der Waals surface area contributed by atoms with Crippen molar-refractivity contribution in [2.45, 2.75) is 25.5 Å². The van der Waals surface area contributed by atoms with E-state index < -0.39 is 0 Å². The van der Waals surface area contributed by atoms with Crippen molar-refractivity contribution in [3.63, 3.8) is 0 Å². The van der Waals surface area contributed by atoms with Crippen molar-refractivity contribution in [1.29, 1.82) is 0 Å². The van der Waals surface area contributed by atoms with Gasteiger partial charge < -0.3 is 10.4 Å². The number of anilines is 1.